The Bertz CT molecular complexity index is 990. The Morgan fingerprint density at radius 3 is 1.78 bits per heavy atom. The number of imidazole rings is 2. The number of aromatic nitrogens is 4. The zero-order valence-electron chi connectivity index (χ0n) is 20.5. The number of hydrogen-bond acceptors (Lipinski definition) is 10. The van der Waals surface area contributed by atoms with E-state index in [1.54, 1.807) is 18.9 Å². The van der Waals surface area contributed by atoms with Gasteiger partial charge in [0.15, 0.2) is 0 Å². The minimum atomic E-state index is -0.843. The van der Waals surface area contributed by atoms with Crippen molar-refractivity contribution in [2.45, 2.75) is 87.0 Å². The number of aliphatic hydroxyl groups is 6. The fourth-order valence-electron chi connectivity index (χ4n) is 6.37. The first kappa shape index (κ1) is 25.7. The van der Waals surface area contributed by atoms with E-state index in [2.05, 4.69) is 16.9 Å². The van der Waals surface area contributed by atoms with Crippen molar-refractivity contribution in [1.82, 2.24) is 28.9 Å². The Balaban J connectivity index is 0.000000149. The largest absolute Gasteiger partial charge is 0.391 e. The van der Waals surface area contributed by atoms with Crippen LogP contribution < -0.4 is 0 Å². The van der Waals surface area contributed by atoms with Crippen LogP contribution in [0.1, 0.15) is 37.5 Å². The minimum absolute atomic E-state index is 0.150. The van der Waals surface area contributed by atoms with Gasteiger partial charge in [-0.3, -0.25) is 9.80 Å². The van der Waals surface area contributed by atoms with Crippen molar-refractivity contribution in [2.75, 3.05) is 26.2 Å². The molecule has 12 nitrogen and oxygen atoms in total. The van der Waals surface area contributed by atoms with Gasteiger partial charge in [-0.25, -0.2) is 9.97 Å². The van der Waals surface area contributed by atoms with Gasteiger partial charge < -0.3 is 39.8 Å². The summed E-state index contributed by atoms with van der Waals surface area (Å²) in [4.78, 5) is 12.3. The molecule has 0 amide bonds. The minimum Gasteiger partial charge on any atom is -0.391 e. The Hall–Kier alpha value is -1.90. The normalized spacial score (nSPS) is 41.0. The van der Waals surface area contributed by atoms with Crippen molar-refractivity contribution >= 4 is 0 Å². The molecule has 6 heterocycles. The van der Waals surface area contributed by atoms with E-state index in [-0.39, 0.29) is 24.2 Å². The average molecular weight is 507 g/mol. The maximum Gasteiger partial charge on any atom is 0.0991 e. The van der Waals surface area contributed by atoms with Crippen LogP contribution in [0.25, 0.3) is 0 Å². The number of aryl methyl sites for hydroxylation is 1. The number of piperidine rings is 2. The van der Waals surface area contributed by atoms with Crippen molar-refractivity contribution in [1.29, 1.82) is 0 Å². The van der Waals surface area contributed by atoms with Crippen molar-refractivity contribution in [3.05, 3.63) is 36.9 Å². The molecule has 0 spiro atoms. The van der Waals surface area contributed by atoms with Crippen LogP contribution in [0.4, 0.5) is 0 Å². The van der Waals surface area contributed by atoms with Crippen LogP contribution in [0.3, 0.4) is 0 Å². The number of fused-ring (bicyclic) bond motifs is 2. The highest BCUT2D eigenvalue weighted by atomic mass is 16.3. The second-order valence-corrected chi connectivity index (χ2v) is 10.6. The van der Waals surface area contributed by atoms with Crippen molar-refractivity contribution < 1.29 is 30.6 Å². The monoisotopic (exact) mass is 506 g/mol. The third kappa shape index (κ3) is 4.84. The van der Waals surface area contributed by atoms with E-state index in [9.17, 15) is 30.6 Å². The first-order chi connectivity index (χ1) is 17.3. The topological polar surface area (TPSA) is 164 Å². The lowest BCUT2D eigenvalue weighted by atomic mass is 9.94. The van der Waals surface area contributed by atoms with Gasteiger partial charge in [0.05, 0.1) is 67.1 Å². The predicted molar refractivity (Wildman–Crippen MR) is 128 cm³/mol. The van der Waals surface area contributed by atoms with Crippen molar-refractivity contribution in [3.8, 4) is 0 Å². The van der Waals surface area contributed by atoms with Gasteiger partial charge in [-0.2, -0.15) is 0 Å². The summed E-state index contributed by atoms with van der Waals surface area (Å²) in [6.45, 7) is 4.37. The zero-order valence-corrected chi connectivity index (χ0v) is 20.5. The first-order valence-electron chi connectivity index (χ1n) is 12.8. The Morgan fingerprint density at radius 2 is 1.31 bits per heavy atom. The van der Waals surface area contributed by atoms with E-state index < -0.39 is 36.6 Å². The molecule has 0 bridgehead atoms. The van der Waals surface area contributed by atoms with Gasteiger partial charge in [-0.1, -0.05) is 6.92 Å². The molecule has 4 aliphatic heterocycles. The van der Waals surface area contributed by atoms with E-state index in [4.69, 9.17) is 0 Å². The van der Waals surface area contributed by atoms with Gasteiger partial charge >= 0.3 is 0 Å². The highest BCUT2D eigenvalue weighted by Gasteiger charge is 2.49. The van der Waals surface area contributed by atoms with Crippen LogP contribution in [0, 0.1) is 0 Å². The lowest BCUT2D eigenvalue weighted by Crippen LogP contribution is -2.52. The molecule has 4 saturated heterocycles. The molecule has 200 valence electrons. The van der Waals surface area contributed by atoms with Crippen LogP contribution in [-0.4, -0.2) is 134 Å². The molecule has 0 radical (unpaired) electrons. The molecular formula is C24H38N6O6. The summed E-state index contributed by atoms with van der Waals surface area (Å²) >= 11 is 0. The fourth-order valence-corrected chi connectivity index (χ4v) is 6.37. The summed E-state index contributed by atoms with van der Waals surface area (Å²) in [5.41, 5.74) is 1.04. The Kier molecular flexibility index (Phi) is 7.48. The molecule has 12 heteroatoms. The molecule has 2 aromatic heterocycles. The summed E-state index contributed by atoms with van der Waals surface area (Å²) in [5, 5.41) is 59.4. The molecule has 4 fully saturated rings. The molecule has 2 aromatic rings. The molecule has 6 rings (SSSR count). The predicted octanol–water partition coefficient (Wildman–Crippen LogP) is -2.25. The fraction of sp³-hybridized carbons (Fsp3) is 0.750. The van der Waals surface area contributed by atoms with Crippen molar-refractivity contribution in [3.63, 3.8) is 0 Å². The number of aliphatic hydroxyl groups excluding tert-OH is 6. The summed E-state index contributed by atoms with van der Waals surface area (Å²) in [7, 11) is 0. The number of nitrogens with zero attached hydrogens (tertiary/aromatic N) is 6. The van der Waals surface area contributed by atoms with Crippen LogP contribution in [0.2, 0.25) is 0 Å². The third-order valence-corrected chi connectivity index (χ3v) is 8.27. The second kappa shape index (κ2) is 10.5. The van der Waals surface area contributed by atoms with E-state index in [0.29, 0.717) is 25.9 Å². The number of rotatable bonds is 3. The van der Waals surface area contributed by atoms with Crippen LogP contribution in [0.5, 0.6) is 0 Å². The van der Waals surface area contributed by atoms with Crippen molar-refractivity contribution in [2.24, 2.45) is 0 Å². The molecule has 2 unspecified atom stereocenters. The second-order valence-electron chi connectivity index (χ2n) is 10.6. The zero-order chi connectivity index (χ0) is 25.6. The van der Waals surface area contributed by atoms with Gasteiger partial charge in [0.25, 0.3) is 0 Å². The molecule has 4 aliphatic rings. The lowest BCUT2D eigenvalue weighted by molar-refractivity contribution is -0.0408. The summed E-state index contributed by atoms with van der Waals surface area (Å²) < 4.78 is 4.01. The Labute approximate surface area is 210 Å². The standard InChI is InChI=1S/C13H21N3O3.C11H17N3O3/c1-2-8-4-16(7-14-8)9-3-10(17)12-13(19)11(18)6-15(12)5-9;15-8-3-7(13-2-1-12-6-13)4-14-5-9(16)11(17)10(8)14/h4,7,9-13,17-19H,2-3,5-6H2,1H3;1-2,6-11,15-17H,3-5H2/t9?,10-,11-,12-,13-;7?,8-,9-,10-,11-/m11/s1. The van der Waals surface area contributed by atoms with Crippen LogP contribution >= 0.6 is 0 Å². The smallest absolute Gasteiger partial charge is 0.0991 e. The first-order valence-corrected chi connectivity index (χ1v) is 12.8. The average Bonchev–Trinajstić information content (AvgIpc) is 3.63. The summed E-state index contributed by atoms with van der Waals surface area (Å²) in [6, 6.07) is -0.358. The van der Waals surface area contributed by atoms with Crippen LogP contribution in [0.15, 0.2) is 31.2 Å². The molecule has 10 atom stereocenters. The molecule has 0 aromatic carbocycles. The van der Waals surface area contributed by atoms with E-state index in [1.807, 2.05) is 31.3 Å². The molecule has 0 aliphatic carbocycles. The van der Waals surface area contributed by atoms with E-state index >= 15 is 0 Å². The summed E-state index contributed by atoms with van der Waals surface area (Å²) in [5.74, 6) is 0. The maximum atomic E-state index is 10.2. The van der Waals surface area contributed by atoms with Gasteiger partial charge in [0.1, 0.15) is 0 Å². The Morgan fingerprint density at radius 1 is 0.750 bits per heavy atom. The van der Waals surface area contributed by atoms with Gasteiger partial charge in [-0.05, 0) is 19.3 Å². The highest BCUT2D eigenvalue weighted by Crippen LogP contribution is 2.34. The SMILES string of the molecule is CCc1cn(C2C[C@@H](O)[C@@H]3[C@H](O)[C@H](O)CN3C2)cn1.O[C@H]1[C@H]2[C@H](O)CC(n3ccnc3)CN2C[C@H]1O. The van der Waals surface area contributed by atoms with Gasteiger partial charge in [-0.15, -0.1) is 0 Å². The molecule has 0 saturated carbocycles. The lowest BCUT2D eigenvalue weighted by Gasteiger charge is -2.39. The number of hydrogen-bond donors (Lipinski definition) is 6. The molecular weight excluding hydrogens is 468 g/mol. The molecule has 36 heavy (non-hydrogen) atoms. The van der Waals surface area contributed by atoms with Gasteiger partial charge in [0.2, 0.25) is 0 Å². The maximum absolute atomic E-state index is 10.2. The van der Waals surface area contributed by atoms with Crippen LogP contribution in [-0.2, 0) is 6.42 Å². The highest BCUT2D eigenvalue weighted by molar-refractivity contribution is 5.05. The third-order valence-electron chi connectivity index (χ3n) is 8.27. The van der Waals surface area contributed by atoms with E-state index in [1.165, 1.54) is 0 Å². The molecule has 6 N–H and O–H groups in total. The van der Waals surface area contributed by atoms with Gasteiger partial charge in [0, 0.05) is 56.9 Å². The summed E-state index contributed by atoms with van der Waals surface area (Å²) in [6.07, 6.45) is 6.80. The van der Waals surface area contributed by atoms with E-state index in [0.717, 1.165) is 25.2 Å². The quantitative estimate of drug-likeness (QED) is 0.268.